The van der Waals surface area contributed by atoms with Gasteiger partial charge in [-0.25, -0.2) is 4.99 Å². The van der Waals surface area contributed by atoms with Crippen LogP contribution in [0.4, 0.5) is 0 Å². The lowest BCUT2D eigenvalue weighted by Gasteiger charge is -2.21. The van der Waals surface area contributed by atoms with Gasteiger partial charge in [0.15, 0.2) is 5.96 Å². The van der Waals surface area contributed by atoms with Gasteiger partial charge in [0.05, 0.1) is 6.54 Å². The van der Waals surface area contributed by atoms with Crippen molar-refractivity contribution in [2.75, 3.05) is 53.6 Å². The van der Waals surface area contributed by atoms with Crippen molar-refractivity contribution in [3.05, 3.63) is 35.4 Å². The molecule has 0 unspecified atom stereocenters. The highest BCUT2D eigenvalue weighted by atomic mass is 16.5. The number of nitrogens with zero attached hydrogens (tertiary/aromatic N) is 2. The summed E-state index contributed by atoms with van der Waals surface area (Å²) in [6.45, 7) is 8.83. The molecule has 0 amide bonds. The first kappa shape index (κ1) is 22.7. The number of guanidine groups is 1. The lowest BCUT2D eigenvalue weighted by atomic mass is 10.0. The van der Waals surface area contributed by atoms with Gasteiger partial charge in [-0.2, -0.15) is 0 Å². The molecule has 0 saturated carbocycles. The van der Waals surface area contributed by atoms with Crippen LogP contribution < -0.4 is 10.6 Å². The quantitative estimate of drug-likeness (QED) is 0.346. The third-order valence-corrected chi connectivity index (χ3v) is 4.81. The normalized spacial score (nSPS) is 15.8. The molecule has 0 atom stereocenters. The Morgan fingerprint density at radius 2 is 1.93 bits per heavy atom. The molecule has 1 heterocycles. The summed E-state index contributed by atoms with van der Waals surface area (Å²) in [4.78, 5) is 6.95. The zero-order chi connectivity index (χ0) is 20.0. The predicted octanol–water partition coefficient (Wildman–Crippen LogP) is 2.64. The van der Waals surface area contributed by atoms with Crippen molar-refractivity contribution in [1.29, 1.82) is 0 Å². The Kier molecular flexibility index (Phi) is 10.9. The maximum atomic E-state index is 5.84. The highest BCUT2D eigenvalue weighted by Gasteiger charge is 2.13. The molecule has 0 aromatic heterocycles. The molecule has 158 valence electrons. The van der Waals surface area contributed by atoms with Crippen molar-refractivity contribution in [3.8, 4) is 0 Å². The zero-order valence-electron chi connectivity index (χ0n) is 17.9. The van der Waals surface area contributed by atoms with Crippen LogP contribution in [0.2, 0.25) is 0 Å². The maximum absolute atomic E-state index is 5.84. The number of aliphatic imine (C=N–C) groups is 1. The molecule has 0 aliphatic carbocycles. The second-order valence-electron chi connectivity index (χ2n) is 7.61. The number of nitrogens with one attached hydrogen (secondary N) is 2. The van der Waals surface area contributed by atoms with E-state index in [-0.39, 0.29) is 0 Å². The topological polar surface area (TPSA) is 58.1 Å². The average molecular weight is 391 g/mol. The largest absolute Gasteiger partial charge is 0.381 e. The first-order chi connectivity index (χ1) is 13.7. The number of hydrogen-bond donors (Lipinski definition) is 2. The minimum atomic E-state index is 0.669. The molecule has 1 aliphatic rings. The lowest BCUT2D eigenvalue weighted by molar-refractivity contribution is 0.0203. The molecule has 0 bridgehead atoms. The van der Waals surface area contributed by atoms with E-state index in [2.05, 4.69) is 60.8 Å². The fourth-order valence-electron chi connectivity index (χ4n) is 3.26. The molecular weight excluding hydrogens is 352 g/mol. The minimum Gasteiger partial charge on any atom is -0.381 e. The number of hydrogen-bond acceptors (Lipinski definition) is 4. The second kappa shape index (κ2) is 13.5. The van der Waals surface area contributed by atoms with Gasteiger partial charge in [-0.3, -0.25) is 0 Å². The first-order valence-corrected chi connectivity index (χ1v) is 10.6. The van der Waals surface area contributed by atoms with Gasteiger partial charge >= 0.3 is 0 Å². The lowest BCUT2D eigenvalue weighted by Crippen LogP contribution is -2.38. The Hall–Kier alpha value is -1.63. The standard InChI is InChI=1S/C22H38N4O2/c1-4-23-22(24-12-7-13-28-18-19-10-14-27-15-11-19)25-16-20-8-5-6-9-21(20)17-26(2)3/h5-6,8-9,19H,4,7,10-18H2,1-3H3,(H2,23,24,25). The molecule has 1 aromatic carbocycles. The summed E-state index contributed by atoms with van der Waals surface area (Å²) in [5.41, 5.74) is 2.60. The van der Waals surface area contributed by atoms with Gasteiger partial charge in [0.1, 0.15) is 0 Å². The second-order valence-corrected chi connectivity index (χ2v) is 7.61. The van der Waals surface area contributed by atoms with Crippen LogP contribution in [-0.2, 0) is 22.6 Å². The number of ether oxygens (including phenoxy) is 2. The van der Waals surface area contributed by atoms with E-state index in [1.54, 1.807) is 0 Å². The molecule has 0 spiro atoms. The fourth-order valence-corrected chi connectivity index (χ4v) is 3.26. The molecule has 0 radical (unpaired) electrons. The van der Waals surface area contributed by atoms with E-state index in [9.17, 15) is 0 Å². The predicted molar refractivity (Wildman–Crippen MR) is 116 cm³/mol. The van der Waals surface area contributed by atoms with E-state index >= 15 is 0 Å². The Balaban J connectivity index is 1.71. The average Bonchev–Trinajstić information content (AvgIpc) is 2.70. The van der Waals surface area contributed by atoms with Crippen LogP contribution in [0.1, 0.15) is 37.3 Å². The number of rotatable bonds is 11. The van der Waals surface area contributed by atoms with E-state index < -0.39 is 0 Å². The molecule has 2 N–H and O–H groups in total. The summed E-state index contributed by atoms with van der Waals surface area (Å²) in [7, 11) is 4.19. The summed E-state index contributed by atoms with van der Waals surface area (Å²) < 4.78 is 11.2. The highest BCUT2D eigenvalue weighted by Crippen LogP contribution is 2.14. The molecular formula is C22H38N4O2. The van der Waals surface area contributed by atoms with Crippen molar-refractivity contribution >= 4 is 5.96 Å². The van der Waals surface area contributed by atoms with Gasteiger partial charge in [-0.15, -0.1) is 0 Å². The SMILES string of the molecule is CCNC(=NCc1ccccc1CN(C)C)NCCCOCC1CCOCC1. The van der Waals surface area contributed by atoms with Crippen LogP contribution in [0.15, 0.2) is 29.3 Å². The molecule has 2 rings (SSSR count). The minimum absolute atomic E-state index is 0.669. The molecule has 6 heteroatoms. The summed E-state index contributed by atoms with van der Waals surface area (Å²) in [5, 5.41) is 6.75. The van der Waals surface area contributed by atoms with Gasteiger partial charge in [0, 0.05) is 46.1 Å². The first-order valence-electron chi connectivity index (χ1n) is 10.6. The van der Waals surface area contributed by atoms with Crippen molar-refractivity contribution in [1.82, 2.24) is 15.5 Å². The van der Waals surface area contributed by atoms with Crippen LogP contribution in [-0.4, -0.2) is 64.5 Å². The Bertz CT molecular complexity index is 571. The molecule has 1 aliphatic heterocycles. The molecule has 1 fully saturated rings. The summed E-state index contributed by atoms with van der Waals surface area (Å²) in [6.07, 6.45) is 3.24. The Morgan fingerprint density at radius 3 is 2.64 bits per heavy atom. The summed E-state index contributed by atoms with van der Waals surface area (Å²) >= 11 is 0. The highest BCUT2D eigenvalue weighted by molar-refractivity contribution is 5.79. The van der Waals surface area contributed by atoms with Crippen molar-refractivity contribution < 1.29 is 9.47 Å². The monoisotopic (exact) mass is 390 g/mol. The van der Waals surface area contributed by atoms with Gasteiger partial charge in [-0.05, 0) is 57.3 Å². The zero-order valence-corrected chi connectivity index (χ0v) is 17.9. The Morgan fingerprint density at radius 1 is 1.18 bits per heavy atom. The summed E-state index contributed by atoms with van der Waals surface area (Å²) in [6, 6.07) is 8.52. The van der Waals surface area contributed by atoms with Gasteiger partial charge < -0.3 is 25.0 Å². The van der Waals surface area contributed by atoms with Crippen molar-refractivity contribution in [2.24, 2.45) is 10.9 Å². The van der Waals surface area contributed by atoms with Crippen molar-refractivity contribution in [3.63, 3.8) is 0 Å². The van der Waals surface area contributed by atoms with Crippen LogP contribution in [0, 0.1) is 5.92 Å². The van der Waals surface area contributed by atoms with E-state index in [1.807, 2.05) is 0 Å². The molecule has 1 saturated heterocycles. The van der Waals surface area contributed by atoms with Crippen LogP contribution in [0.25, 0.3) is 0 Å². The molecule has 28 heavy (non-hydrogen) atoms. The van der Waals surface area contributed by atoms with Gasteiger partial charge in [0.25, 0.3) is 0 Å². The smallest absolute Gasteiger partial charge is 0.191 e. The van der Waals surface area contributed by atoms with E-state index in [4.69, 9.17) is 14.5 Å². The van der Waals surface area contributed by atoms with Gasteiger partial charge in [-0.1, -0.05) is 24.3 Å². The summed E-state index contributed by atoms with van der Waals surface area (Å²) in [5.74, 6) is 1.54. The van der Waals surface area contributed by atoms with Crippen LogP contribution >= 0.6 is 0 Å². The molecule has 1 aromatic rings. The molecule has 6 nitrogen and oxygen atoms in total. The maximum Gasteiger partial charge on any atom is 0.191 e. The van der Waals surface area contributed by atoms with E-state index in [1.165, 1.54) is 11.1 Å². The van der Waals surface area contributed by atoms with Crippen LogP contribution in [0.5, 0.6) is 0 Å². The Labute approximate surface area is 170 Å². The van der Waals surface area contributed by atoms with Gasteiger partial charge in [0.2, 0.25) is 0 Å². The number of benzene rings is 1. The van der Waals surface area contributed by atoms with E-state index in [0.717, 1.165) is 71.3 Å². The van der Waals surface area contributed by atoms with Crippen molar-refractivity contribution in [2.45, 2.75) is 39.3 Å². The third-order valence-electron chi connectivity index (χ3n) is 4.81. The fraction of sp³-hybridized carbons (Fsp3) is 0.682. The van der Waals surface area contributed by atoms with E-state index in [0.29, 0.717) is 12.5 Å². The third kappa shape index (κ3) is 9.04. The van der Waals surface area contributed by atoms with Crippen LogP contribution in [0.3, 0.4) is 0 Å².